The van der Waals surface area contributed by atoms with Gasteiger partial charge < -0.3 is 14.7 Å². The molecule has 0 spiro atoms. The topological polar surface area (TPSA) is 66.8 Å². The fourth-order valence-corrected chi connectivity index (χ4v) is 3.70. The number of amides is 1. The Balaban J connectivity index is 2.13. The van der Waals surface area contributed by atoms with Crippen LogP contribution in [-0.2, 0) is 19.7 Å². The molecular formula is C24H26ClNO4. The van der Waals surface area contributed by atoms with Gasteiger partial charge in [-0.2, -0.15) is 0 Å². The lowest BCUT2D eigenvalue weighted by Crippen LogP contribution is -2.32. The molecule has 0 bridgehead atoms. The van der Waals surface area contributed by atoms with Crippen LogP contribution in [0.3, 0.4) is 0 Å². The Bertz CT molecular complexity index is 972. The lowest BCUT2D eigenvalue weighted by Gasteiger charge is -2.26. The van der Waals surface area contributed by atoms with Gasteiger partial charge in [0.25, 0.3) is 11.7 Å². The van der Waals surface area contributed by atoms with E-state index in [1.165, 1.54) is 12.0 Å². The molecule has 30 heavy (non-hydrogen) atoms. The quantitative estimate of drug-likeness (QED) is 0.426. The number of halogens is 1. The second-order valence-corrected chi connectivity index (χ2v) is 8.80. The molecule has 1 N–H and O–H groups in total. The molecule has 1 heterocycles. The third-order valence-electron chi connectivity index (χ3n) is 5.29. The lowest BCUT2D eigenvalue weighted by molar-refractivity contribution is -0.140. The minimum absolute atomic E-state index is 0.0281. The number of carbonyl (C=O) groups excluding carboxylic acids is 2. The van der Waals surface area contributed by atoms with E-state index in [0.29, 0.717) is 10.6 Å². The van der Waals surface area contributed by atoms with Gasteiger partial charge in [-0.1, -0.05) is 56.6 Å². The minimum atomic E-state index is -0.705. The number of aliphatic hydroxyl groups excluding tert-OH is 1. The van der Waals surface area contributed by atoms with Crippen LogP contribution in [0.25, 0.3) is 5.76 Å². The Hall–Kier alpha value is -2.63. The van der Waals surface area contributed by atoms with Gasteiger partial charge in [0, 0.05) is 24.2 Å². The number of benzene rings is 2. The number of rotatable bonds is 5. The first-order chi connectivity index (χ1) is 14.1. The van der Waals surface area contributed by atoms with E-state index in [4.69, 9.17) is 16.3 Å². The second-order valence-electron chi connectivity index (χ2n) is 8.36. The largest absolute Gasteiger partial charge is 0.507 e. The van der Waals surface area contributed by atoms with Crippen LogP contribution in [0.4, 0.5) is 0 Å². The summed E-state index contributed by atoms with van der Waals surface area (Å²) in [5, 5.41) is 11.5. The molecule has 0 saturated carbocycles. The lowest BCUT2D eigenvalue weighted by atomic mass is 9.85. The number of methoxy groups -OCH3 is 1. The first-order valence-electron chi connectivity index (χ1n) is 9.79. The summed E-state index contributed by atoms with van der Waals surface area (Å²) in [6.07, 6.45) is 0. The summed E-state index contributed by atoms with van der Waals surface area (Å²) >= 11 is 5.94. The zero-order valence-corrected chi connectivity index (χ0v) is 18.4. The third kappa shape index (κ3) is 4.27. The van der Waals surface area contributed by atoms with E-state index in [1.54, 1.807) is 24.3 Å². The molecule has 6 heteroatoms. The van der Waals surface area contributed by atoms with Gasteiger partial charge in [-0.3, -0.25) is 9.59 Å². The highest BCUT2D eigenvalue weighted by Crippen LogP contribution is 2.39. The van der Waals surface area contributed by atoms with Crippen LogP contribution in [0.2, 0.25) is 5.02 Å². The molecule has 158 valence electrons. The van der Waals surface area contributed by atoms with Crippen LogP contribution < -0.4 is 0 Å². The molecule has 3 rings (SSSR count). The van der Waals surface area contributed by atoms with E-state index >= 15 is 0 Å². The molecule has 1 aliphatic rings. The first-order valence-corrected chi connectivity index (χ1v) is 10.2. The molecule has 2 aromatic carbocycles. The van der Waals surface area contributed by atoms with Gasteiger partial charge >= 0.3 is 0 Å². The third-order valence-corrected chi connectivity index (χ3v) is 5.54. The van der Waals surface area contributed by atoms with Gasteiger partial charge in [-0.05, 0) is 40.8 Å². The monoisotopic (exact) mass is 427 g/mol. The molecule has 0 radical (unpaired) electrons. The highest BCUT2D eigenvalue weighted by Gasteiger charge is 2.45. The number of likely N-dealkylation sites (tertiary alicyclic amines) is 1. The number of ether oxygens (including phenoxy) is 1. The molecule has 1 atom stereocenters. The first kappa shape index (κ1) is 22.1. The standard InChI is InChI=1S/C24H26ClNO4/c1-24(2,3)17-9-5-15(6-10-17)20-19(21(27)16-7-11-18(25)12-8-16)22(28)23(29)26(20)13-14-30-4/h5-12,20,27H,13-14H2,1-4H3. The van der Waals surface area contributed by atoms with E-state index in [-0.39, 0.29) is 29.9 Å². The maximum atomic E-state index is 12.9. The molecule has 1 amide bonds. The summed E-state index contributed by atoms with van der Waals surface area (Å²) < 4.78 is 5.13. The predicted molar refractivity (Wildman–Crippen MR) is 117 cm³/mol. The molecular weight excluding hydrogens is 402 g/mol. The van der Waals surface area contributed by atoms with Crippen molar-refractivity contribution in [1.29, 1.82) is 0 Å². The van der Waals surface area contributed by atoms with E-state index < -0.39 is 17.7 Å². The maximum absolute atomic E-state index is 12.9. The Labute approximate surface area is 181 Å². The Morgan fingerprint density at radius 2 is 1.67 bits per heavy atom. The Morgan fingerprint density at radius 3 is 2.20 bits per heavy atom. The number of Topliss-reactive ketones (excluding diaryl/α,β-unsaturated/α-hetero) is 1. The second kappa shape index (κ2) is 8.62. The average Bonchev–Trinajstić information content (AvgIpc) is 2.96. The van der Waals surface area contributed by atoms with E-state index in [9.17, 15) is 14.7 Å². The number of carbonyl (C=O) groups is 2. The molecule has 1 fully saturated rings. The van der Waals surface area contributed by atoms with E-state index in [0.717, 1.165) is 11.1 Å². The van der Waals surface area contributed by atoms with E-state index in [1.807, 2.05) is 24.3 Å². The number of ketones is 1. The SMILES string of the molecule is COCCN1C(=O)C(=O)C(=C(O)c2ccc(Cl)cc2)C1c1ccc(C(C)(C)C)cc1. The van der Waals surface area contributed by atoms with E-state index in [2.05, 4.69) is 20.8 Å². The van der Waals surface area contributed by atoms with Crippen molar-refractivity contribution in [2.45, 2.75) is 32.2 Å². The van der Waals surface area contributed by atoms with Gasteiger partial charge in [0.1, 0.15) is 5.76 Å². The van der Waals surface area contributed by atoms with Gasteiger partial charge in [-0.15, -0.1) is 0 Å². The molecule has 1 saturated heterocycles. The summed E-state index contributed by atoms with van der Waals surface area (Å²) in [5.41, 5.74) is 2.37. The fourth-order valence-electron chi connectivity index (χ4n) is 3.58. The summed E-state index contributed by atoms with van der Waals surface area (Å²) in [6.45, 7) is 6.88. The molecule has 0 aromatic heterocycles. The van der Waals surface area contributed by atoms with Crippen LogP contribution in [-0.4, -0.2) is 42.0 Å². The van der Waals surface area contributed by atoms with Crippen LogP contribution in [0, 0.1) is 0 Å². The number of nitrogens with zero attached hydrogens (tertiary/aromatic N) is 1. The van der Waals surface area contributed by atoms with Crippen molar-refractivity contribution in [2.75, 3.05) is 20.3 Å². The van der Waals surface area contributed by atoms with Crippen LogP contribution >= 0.6 is 11.6 Å². The molecule has 1 aliphatic heterocycles. The number of hydrogen-bond acceptors (Lipinski definition) is 4. The van der Waals surface area contributed by atoms with Gasteiger partial charge in [0.15, 0.2) is 0 Å². The zero-order chi connectivity index (χ0) is 22.1. The molecule has 1 unspecified atom stereocenters. The van der Waals surface area contributed by atoms with Gasteiger partial charge in [-0.25, -0.2) is 0 Å². The van der Waals surface area contributed by atoms with Crippen molar-refractivity contribution in [3.8, 4) is 0 Å². The molecule has 5 nitrogen and oxygen atoms in total. The molecule has 2 aromatic rings. The van der Waals surface area contributed by atoms with Crippen molar-refractivity contribution in [3.05, 3.63) is 75.8 Å². The number of aliphatic hydroxyl groups is 1. The van der Waals surface area contributed by atoms with Crippen LogP contribution in [0.1, 0.15) is 43.5 Å². The van der Waals surface area contributed by atoms with Crippen molar-refractivity contribution >= 4 is 29.1 Å². The highest BCUT2D eigenvalue weighted by atomic mass is 35.5. The number of hydrogen-bond donors (Lipinski definition) is 1. The summed E-state index contributed by atoms with van der Waals surface area (Å²) in [5.74, 6) is -1.56. The van der Waals surface area contributed by atoms with Crippen molar-refractivity contribution in [3.63, 3.8) is 0 Å². The average molecular weight is 428 g/mol. The smallest absolute Gasteiger partial charge is 0.295 e. The van der Waals surface area contributed by atoms with Crippen molar-refractivity contribution in [2.24, 2.45) is 0 Å². The van der Waals surface area contributed by atoms with Crippen molar-refractivity contribution < 1.29 is 19.4 Å². The Morgan fingerprint density at radius 1 is 1.07 bits per heavy atom. The normalized spacial score (nSPS) is 18.8. The highest BCUT2D eigenvalue weighted by molar-refractivity contribution is 6.46. The van der Waals surface area contributed by atoms with Crippen LogP contribution in [0.5, 0.6) is 0 Å². The van der Waals surface area contributed by atoms with Gasteiger partial charge in [0.05, 0.1) is 18.2 Å². The van der Waals surface area contributed by atoms with Crippen LogP contribution in [0.15, 0.2) is 54.1 Å². The fraction of sp³-hybridized carbons (Fsp3) is 0.333. The summed E-state index contributed by atoms with van der Waals surface area (Å²) in [4.78, 5) is 27.1. The maximum Gasteiger partial charge on any atom is 0.295 e. The van der Waals surface area contributed by atoms with Gasteiger partial charge in [0.2, 0.25) is 0 Å². The summed E-state index contributed by atoms with van der Waals surface area (Å²) in [6, 6.07) is 13.6. The predicted octanol–water partition coefficient (Wildman–Crippen LogP) is 4.71. The zero-order valence-electron chi connectivity index (χ0n) is 17.6. The Kier molecular flexibility index (Phi) is 6.34. The minimum Gasteiger partial charge on any atom is -0.507 e. The van der Waals surface area contributed by atoms with Crippen molar-refractivity contribution in [1.82, 2.24) is 4.90 Å². The molecule has 0 aliphatic carbocycles. The summed E-state index contributed by atoms with van der Waals surface area (Å²) in [7, 11) is 1.54.